The van der Waals surface area contributed by atoms with Crippen LogP contribution >= 0.6 is 0 Å². The lowest BCUT2D eigenvalue weighted by Crippen LogP contribution is -2.48. The maximum atomic E-state index is 12.1. The number of hydrogen-bond acceptors (Lipinski definition) is 4. The highest BCUT2D eigenvalue weighted by atomic mass is 16.5. The first kappa shape index (κ1) is 12.8. The maximum absolute atomic E-state index is 12.1. The third-order valence-electron chi connectivity index (χ3n) is 3.39. The Kier molecular flexibility index (Phi) is 4.76. The van der Waals surface area contributed by atoms with Crippen molar-refractivity contribution >= 4 is 5.91 Å². The Morgan fingerprint density at radius 3 is 2.88 bits per heavy atom. The molecule has 0 aromatic heterocycles. The number of likely N-dealkylation sites (N-methyl/N-ethyl adjacent to an activating group) is 1. The van der Waals surface area contributed by atoms with Crippen molar-refractivity contribution in [3.05, 3.63) is 0 Å². The minimum atomic E-state index is -0.0584. The lowest BCUT2D eigenvalue weighted by molar-refractivity contribution is -0.127. The molecule has 2 fully saturated rings. The topological polar surface area (TPSA) is 59.6 Å². The molecule has 17 heavy (non-hydrogen) atoms. The summed E-state index contributed by atoms with van der Waals surface area (Å²) in [5.74, 6) is 0.0424. The molecule has 0 bridgehead atoms. The summed E-state index contributed by atoms with van der Waals surface area (Å²) < 4.78 is 10.7. The molecule has 0 spiro atoms. The van der Waals surface area contributed by atoms with Gasteiger partial charge in [0.05, 0.1) is 31.8 Å². The third kappa shape index (κ3) is 3.40. The van der Waals surface area contributed by atoms with Crippen molar-refractivity contribution < 1.29 is 14.3 Å². The van der Waals surface area contributed by atoms with Crippen LogP contribution < -0.4 is 10.6 Å². The minimum Gasteiger partial charge on any atom is -0.379 e. The molecule has 2 N–H and O–H groups in total. The highest BCUT2D eigenvalue weighted by molar-refractivity contribution is 5.80. The third-order valence-corrected chi connectivity index (χ3v) is 3.39. The summed E-state index contributed by atoms with van der Waals surface area (Å²) in [4.78, 5) is 12.1. The lowest BCUT2D eigenvalue weighted by atomic mass is 10.0. The van der Waals surface area contributed by atoms with E-state index in [-0.39, 0.29) is 23.9 Å². The first-order chi connectivity index (χ1) is 8.31. The van der Waals surface area contributed by atoms with Gasteiger partial charge in [-0.1, -0.05) is 6.92 Å². The summed E-state index contributed by atoms with van der Waals surface area (Å²) in [5.41, 5.74) is 0. The van der Waals surface area contributed by atoms with Crippen molar-refractivity contribution in [2.24, 2.45) is 5.92 Å². The summed E-state index contributed by atoms with van der Waals surface area (Å²) in [6, 6.07) is 0.337. The second-order valence-electron chi connectivity index (χ2n) is 4.73. The molecule has 2 aliphatic heterocycles. The van der Waals surface area contributed by atoms with Crippen LogP contribution in [0.1, 0.15) is 19.8 Å². The van der Waals surface area contributed by atoms with Gasteiger partial charge < -0.3 is 20.1 Å². The van der Waals surface area contributed by atoms with Gasteiger partial charge in [0.2, 0.25) is 5.91 Å². The molecule has 0 aromatic carbocycles. The number of hydrogen-bond donors (Lipinski definition) is 2. The van der Waals surface area contributed by atoms with Crippen molar-refractivity contribution in [3.63, 3.8) is 0 Å². The monoisotopic (exact) mass is 242 g/mol. The summed E-state index contributed by atoms with van der Waals surface area (Å²) >= 11 is 0. The fourth-order valence-corrected chi connectivity index (χ4v) is 2.44. The van der Waals surface area contributed by atoms with Crippen LogP contribution in [0.25, 0.3) is 0 Å². The van der Waals surface area contributed by atoms with Crippen LogP contribution in [-0.4, -0.2) is 51.0 Å². The number of carbonyl (C=O) groups excluding carboxylic acids is 1. The van der Waals surface area contributed by atoms with E-state index in [1.54, 1.807) is 0 Å². The maximum Gasteiger partial charge on any atom is 0.227 e. The van der Waals surface area contributed by atoms with Gasteiger partial charge in [-0.3, -0.25) is 4.79 Å². The standard InChI is InChI=1S/C12H22N2O3/c1-2-13-11-8-17-7-10(11)12(15)14-9-4-3-5-16-6-9/h9-11,13H,2-8H2,1H3,(H,14,15). The Labute approximate surface area is 102 Å². The van der Waals surface area contributed by atoms with Crippen molar-refractivity contribution in [3.8, 4) is 0 Å². The van der Waals surface area contributed by atoms with E-state index in [0.29, 0.717) is 19.8 Å². The minimum absolute atomic E-state index is 0.0584. The first-order valence-corrected chi connectivity index (χ1v) is 6.50. The highest BCUT2D eigenvalue weighted by Crippen LogP contribution is 2.15. The van der Waals surface area contributed by atoms with E-state index < -0.39 is 0 Å². The number of ether oxygens (including phenoxy) is 2. The lowest BCUT2D eigenvalue weighted by Gasteiger charge is -2.25. The summed E-state index contributed by atoms with van der Waals surface area (Å²) in [6.07, 6.45) is 2.05. The molecule has 0 radical (unpaired) electrons. The van der Waals surface area contributed by atoms with Gasteiger partial charge in [-0.2, -0.15) is 0 Å². The van der Waals surface area contributed by atoms with E-state index in [4.69, 9.17) is 9.47 Å². The molecular weight excluding hydrogens is 220 g/mol. The van der Waals surface area contributed by atoms with Crippen molar-refractivity contribution in [1.29, 1.82) is 0 Å². The van der Waals surface area contributed by atoms with Gasteiger partial charge in [0.1, 0.15) is 0 Å². The molecule has 1 amide bonds. The molecule has 5 heteroatoms. The zero-order valence-electron chi connectivity index (χ0n) is 10.4. The van der Waals surface area contributed by atoms with Crippen LogP contribution in [0.5, 0.6) is 0 Å². The quantitative estimate of drug-likeness (QED) is 0.723. The average molecular weight is 242 g/mol. The zero-order chi connectivity index (χ0) is 12.1. The Hall–Kier alpha value is -0.650. The van der Waals surface area contributed by atoms with Crippen molar-refractivity contribution in [2.45, 2.75) is 31.8 Å². The highest BCUT2D eigenvalue weighted by Gasteiger charge is 2.34. The molecular formula is C12H22N2O3. The second kappa shape index (κ2) is 6.33. The Morgan fingerprint density at radius 1 is 1.29 bits per heavy atom. The Bertz CT molecular complexity index is 254. The first-order valence-electron chi connectivity index (χ1n) is 6.50. The predicted octanol–water partition coefficient (Wildman–Crippen LogP) is -0.0939. The van der Waals surface area contributed by atoms with Crippen LogP contribution in [0.2, 0.25) is 0 Å². The van der Waals surface area contributed by atoms with Gasteiger partial charge in [0, 0.05) is 12.6 Å². The molecule has 0 saturated carbocycles. The molecule has 0 aromatic rings. The van der Waals surface area contributed by atoms with Crippen LogP contribution in [0.4, 0.5) is 0 Å². The second-order valence-corrected chi connectivity index (χ2v) is 4.73. The number of amides is 1. The van der Waals surface area contributed by atoms with Gasteiger partial charge in [-0.25, -0.2) is 0 Å². The van der Waals surface area contributed by atoms with Gasteiger partial charge in [-0.05, 0) is 19.4 Å². The van der Waals surface area contributed by atoms with Gasteiger partial charge >= 0.3 is 0 Å². The molecule has 3 atom stereocenters. The van der Waals surface area contributed by atoms with Gasteiger partial charge in [0.25, 0.3) is 0 Å². The van der Waals surface area contributed by atoms with E-state index >= 15 is 0 Å². The molecule has 2 heterocycles. The molecule has 98 valence electrons. The zero-order valence-corrected chi connectivity index (χ0v) is 10.4. The Balaban J connectivity index is 1.81. The molecule has 5 nitrogen and oxygen atoms in total. The van der Waals surface area contributed by atoms with Crippen LogP contribution in [0.15, 0.2) is 0 Å². The van der Waals surface area contributed by atoms with E-state index in [9.17, 15) is 4.79 Å². The van der Waals surface area contributed by atoms with Crippen molar-refractivity contribution in [1.82, 2.24) is 10.6 Å². The number of nitrogens with one attached hydrogen (secondary N) is 2. The van der Waals surface area contributed by atoms with Crippen LogP contribution in [0, 0.1) is 5.92 Å². The smallest absolute Gasteiger partial charge is 0.227 e. The predicted molar refractivity (Wildman–Crippen MR) is 63.8 cm³/mol. The van der Waals surface area contributed by atoms with E-state index in [0.717, 1.165) is 26.0 Å². The van der Waals surface area contributed by atoms with E-state index in [2.05, 4.69) is 10.6 Å². The average Bonchev–Trinajstić information content (AvgIpc) is 2.79. The molecule has 3 unspecified atom stereocenters. The van der Waals surface area contributed by atoms with Gasteiger partial charge in [0.15, 0.2) is 0 Å². The number of rotatable bonds is 4. The SMILES string of the molecule is CCNC1COCC1C(=O)NC1CCCOC1. The van der Waals surface area contributed by atoms with Crippen molar-refractivity contribution in [2.75, 3.05) is 33.0 Å². The number of carbonyl (C=O) groups is 1. The van der Waals surface area contributed by atoms with Crippen LogP contribution in [0.3, 0.4) is 0 Å². The normalized spacial score (nSPS) is 33.6. The molecule has 0 aliphatic carbocycles. The van der Waals surface area contributed by atoms with Gasteiger partial charge in [-0.15, -0.1) is 0 Å². The molecule has 2 aliphatic rings. The van der Waals surface area contributed by atoms with Crippen LogP contribution in [-0.2, 0) is 14.3 Å². The fourth-order valence-electron chi connectivity index (χ4n) is 2.44. The van der Waals surface area contributed by atoms with E-state index in [1.165, 1.54) is 0 Å². The fraction of sp³-hybridized carbons (Fsp3) is 0.917. The summed E-state index contributed by atoms with van der Waals surface area (Å²) in [7, 11) is 0. The largest absolute Gasteiger partial charge is 0.379 e. The summed E-state index contributed by atoms with van der Waals surface area (Å²) in [5, 5.41) is 6.36. The summed E-state index contributed by atoms with van der Waals surface area (Å²) in [6.45, 7) is 5.53. The van der Waals surface area contributed by atoms with E-state index in [1.807, 2.05) is 6.92 Å². The molecule has 2 saturated heterocycles. The Morgan fingerprint density at radius 2 is 2.18 bits per heavy atom. The molecule has 2 rings (SSSR count).